The molecule has 2 saturated heterocycles. The van der Waals surface area contributed by atoms with E-state index in [1.165, 1.54) is 37.7 Å². The monoisotopic (exact) mass is 235 g/mol. The highest BCUT2D eigenvalue weighted by atomic mass is 35.5. The van der Waals surface area contributed by atoms with Gasteiger partial charge >= 0.3 is 0 Å². The Balaban J connectivity index is 1.72. The number of benzene rings is 1. The lowest BCUT2D eigenvalue weighted by atomic mass is 10.0. The van der Waals surface area contributed by atoms with Crippen molar-refractivity contribution in [3.8, 4) is 0 Å². The van der Waals surface area contributed by atoms with Crippen LogP contribution >= 0.6 is 11.6 Å². The molecule has 86 valence electrons. The molecule has 2 heteroatoms. The van der Waals surface area contributed by atoms with Gasteiger partial charge in [0, 0.05) is 23.7 Å². The maximum absolute atomic E-state index is 5.91. The Hall–Kier alpha value is -0.530. The van der Waals surface area contributed by atoms with Crippen LogP contribution in [-0.4, -0.2) is 17.0 Å². The van der Waals surface area contributed by atoms with Crippen LogP contribution in [0.1, 0.15) is 37.7 Å². The average molecular weight is 236 g/mol. The first kappa shape index (κ1) is 10.6. The largest absolute Gasteiger partial charge is 0.293 e. The van der Waals surface area contributed by atoms with Gasteiger partial charge in [0.2, 0.25) is 0 Å². The predicted octanol–water partition coefficient (Wildman–Crippen LogP) is 3.86. The van der Waals surface area contributed by atoms with Crippen molar-refractivity contribution in [3.05, 3.63) is 34.9 Å². The highest BCUT2D eigenvalue weighted by molar-refractivity contribution is 6.30. The molecular weight excluding hydrogens is 218 g/mol. The van der Waals surface area contributed by atoms with Crippen molar-refractivity contribution in [1.29, 1.82) is 0 Å². The molecule has 3 rings (SSSR count). The molecule has 0 saturated carbocycles. The quantitative estimate of drug-likeness (QED) is 0.753. The minimum atomic E-state index is 0.838. The zero-order valence-corrected chi connectivity index (χ0v) is 10.3. The molecule has 1 aromatic carbocycles. The van der Waals surface area contributed by atoms with E-state index in [2.05, 4.69) is 17.0 Å². The SMILES string of the molecule is Clc1ccc(CN2[C@@H]3CCC[C@H]2CC3)cc1. The summed E-state index contributed by atoms with van der Waals surface area (Å²) in [7, 11) is 0. The summed E-state index contributed by atoms with van der Waals surface area (Å²) < 4.78 is 0. The van der Waals surface area contributed by atoms with Crippen molar-refractivity contribution in [2.75, 3.05) is 0 Å². The fourth-order valence-electron chi connectivity index (χ4n) is 3.28. The Morgan fingerprint density at radius 2 is 1.62 bits per heavy atom. The third-order valence-electron chi connectivity index (χ3n) is 4.12. The molecule has 0 radical (unpaired) electrons. The van der Waals surface area contributed by atoms with Crippen molar-refractivity contribution < 1.29 is 0 Å². The van der Waals surface area contributed by atoms with Crippen molar-refractivity contribution in [3.63, 3.8) is 0 Å². The molecule has 1 nitrogen and oxygen atoms in total. The van der Waals surface area contributed by atoms with Crippen molar-refractivity contribution in [1.82, 2.24) is 4.90 Å². The number of hydrogen-bond donors (Lipinski definition) is 0. The summed E-state index contributed by atoms with van der Waals surface area (Å²) in [6, 6.07) is 10.0. The van der Waals surface area contributed by atoms with E-state index in [1.807, 2.05) is 12.1 Å². The van der Waals surface area contributed by atoms with E-state index < -0.39 is 0 Å². The van der Waals surface area contributed by atoms with Gasteiger partial charge in [-0.2, -0.15) is 0 Å². The summed E-state index contributed by atoms with van der Waals surface area (Å²) in [6.07, 6.45) is 7.08. The normalized spacial score (nSPS) is 29.6. The van der Waals surface area contributed by atoms with Crippen LogP contribution < -0.4 is 0 Å². The molecule has 0 unspecified atom stereocenters. The van der Waals surface area contributed by atoms with Crippen LogP contribution in [0.25, 0.3) is 0 Å². The van der Waals surface area contributed by atoms with Gasteiger partial charge < -0.3 is 0 Å². The zero-order valence-electron chi connectivity index (χ0n) is 9.53. The number of halogens is 1. The maximum atomic E-state index is 5.91. The topological polar surface area (TPSA) is 3.24 Å². The van der Waals surface area contributed by atoms with E-state index >= 15 is 0 Å². The molecule has 2 aliphatic rings. The summed E-state index contributed by atoms with van der Waals surface area (Å²) in [5, 5.41) is 0.838. The fourth-order valence-corrected chi connectivity index (χ4v) is 3.41. The Morgan fingerprint density at radius 3 is 2.25 bits per heavy atom. The van der Waals surface area contributed by atoms with Crippen molar-refractivity contribution in [2.24, 2.45) is 0 Å². The van der Waals surface area contributed by atoms with E-state index in [4.69, 9.17) is 11.6 Å². The smallest absolute Gasteiger partial charge is 0.0406 e. The Bertz CT molecular complexity index is 344. The van der Waals surface area contributed by atoms with Crippen LogP contribution in [0, 0.1) is 0 Å². The molecule has 2 atom stereocenters. The number of nitrogens with zero attached hydrogens (tertiary/aromatic N) is 1. The van der Waals surface area contributed by atoms with Gasteiger partial charge in [-0.25, -0.2) is 0 Å². The number of hydrogen-bond acceptors (Lipinski definition) is 1. The van der Waals surface area contributed by atoms with Gasteiger partial charge in [0.1, 0.15) is 0 Å². The fraction of sp³-hybridized carbons (Fsp3) is 0.571. The van der Waals surface area contributed by atoms with Crippen LogP contribution in [-0.2, 0) is 6.54 Å². The highest BCUT2D eigenvalue weighted by Gasteiger charge is 2.35. The Kier molecular flexibility index (Phi) is 2.91. The standard InChI is InChI=1S/C14H18ClN/c15-12-6-4-11(5-7-12)10-16-13-2-1-3-14(16)9-8-13/h4-7,13-14H,1-3,8-10H2/t13-,14+. The molecule has 0 amide bonds. The van der Waals surface area contributed by atoms with E-state index in [1.54, 1.807) is 0 Å². The summed E-state index contributed by atoms with van der Waals surface area (Å²) in [5.74, 6) is 0. The van der Waals surface area contributed by atoms with Gasteiger partial charge in [-0.1, -0.05) is 30.2 Å². The Labute approximate surface area is 102 Å². The molecule has 2 fully saturated rings. The first-order valence-corrected chi connectivity index (χ1v) is 6.71. The van der Waals surface area contributed by atoms with Crippen molar-refractivity contribution in [2.45, 2.75) is 50.7 Å². The second-order valence-corrected chi connectivity index (χ2v) is 5.55. The first-order chi connectivity index (χ1) is 7.83. The highest BCUT2D eigenvalue weighted by Crippen LogP contribution is 2.36. The van der Waals surface area contributed by atoms with E-state index in [0.29, 0.717) is 0 Å². The van der Waals surface area contributed by atoms with Gasteiger partial charge in [0.05, 0.1) is 0 Å². The first-order valence-electron chi connectivity index (χ1n) is 6.33. The van der Waals surface area contributed by atoms with Crippen LogP contribution in [0.15, 0.2) is 24.3 Å². The van der Waals surface area contributed by atoms with E-state index in [-0.39, 0.29) is 0 Å². The van der Waals surface area contributed by atoms with Crippen LogP contribution in [0.3, 0.4) is 0 Å². The molecule has 2 heterocycles. The van der Waals surface area contributed by atoms with Crippen molar-refractivity contribution >= 4 is 11.6 Å². The zero-order chi connectivity index (χ0) is 11.0. The van der Waals surface area contributed by atoms with Crippen LogP contribution in [0.5, 0.6) is 0 Å². The minimum absolute atomic E-state index is 0.838. The summed E-state index contributed by atoms with van der Waals surface area (Å²) in [4.78, 5) is 2.72. The van der Waals surface area contributed by atoms with Gasteiger partial charge in [-0.05, 0) is 43.4 Å². The minimum Gasteiger partial charge on any atom is -0.293 e. The molecule has 1 aromatic rings. The third kappa shape index (κ3) is 1.99. The summed E-state index contributed by atoms with van der Waals surface area (Å²) in [5.41, 5.74) is 1.41. The Morgan fingerprint density at radius 1 is 1.00 bits per heavy atom. The molecule has 2 aliphatic heterocycles. The molecule has 0 aromatic heterocycles. The lowest BCUT2D eigenvalue weighted by Gasteiger charge is -2.34. The number of fused-ring (bicyclic) bond motifs is 2. The van der Waals surface area contributed by atoms with Gasteiger partial charge in [-0.3, -0.25) is 4.90 Å². The molecule has 2 bridgehead atoms. The molecule has 0 aliphatic carbocycles. The lowest BCUT2D eigenvalue weighted by molar-refractivity contribution is 0.132. The molecule has 16 heavy (non-hydrogen) atoms. The molecular formula is C14H18ClN. The van der Waals surface area contributed by atoms with Crippen LogP contribution in [0.2, 0.25) is 5.02 Å². The van der Waals surface area contributed by atoms with Gasteiger partial charge in [0.25, 0.3) is 0 Å². The van der Waals surface area contributed by atoms with Gasteiger partial charge in [-0.15, -0.1) is 0 Å². The maximum Gasteiger partial charge on any atom is 0.0406 e. The predicted molar refractivity (Wildman–Crippen MR) is 67.7 cm³/mol. The molecule has 0 spiro atoms. The number of piperidine rings is 1. The second kappa shape index (κ2) is 4.38. The van der Waals surface area contributed by atoms with Crippen LogP contribution in [0.4, 0.5) is 0 Å². The lowest BCUT2D eigenvalue weighted by Crippen LogP contribution is -2.38. The third-order valence-corrected chi connectivity index (χ3v) is 4.38. The number of rotatable bonds is 2. The summed E-state index contributed by atoms with van der Waals surface area (Å²) in [6.45, 7) is 1.12. The average Bonchev–Trinajstić information content (AvgIpc) is 2.52. The van der Waals surface area contributed by atoms with E-state index in [0.717, 1.165) is 23.7 Å². The van der Waals surface area contributed by atoms with Gasteiger partial charge in [0.15, 0.2) is 0 Å². The second-order valence-electron chi connectivity index (χ2n) is 5.11. The summed E-state index contributed by atoms with van der Waals surface area (Å²) >= 11 is 5.91. The van der Waals surface area contributed by atoms with E-state index in [9.17, 15) is 0 Å². The molecule has 0 N–H and O–H groups in total.